The van der Waals surface area contributed by atoms with Gasteiger partial charge in [-0.25, -0.2) is 0 Å². The molecule has 0 bridgehead atoms. The molecule has 1 atom stereocenters. The lowest BCUT2D eigenvalue weighted by molar-refractivity contribution is -0.128. The summed E-state index contributed by atoms with van der Waals surface area (Å²) in [5, 5.41) is 2.97. The van der Waals surface area contributed by atoms with Gasteiger partial charge in [-0.2, -0.15) is 0 Å². The number of nitrogens with two attached hydrogens (primary N) is 1. The molecule has 1 aliphatic rings. The second kappa shape index (κ2) is 16.2. The number of unbranched alkanes of at least 4 members (excludes halogenated alkanes) is 1. The SMILES string of the molecule is CC.COC(CCC/C=C/C(C)(C)C)C(N)=O.O=C1CCSc2c(cccc2-c2ccccc2)N1. The molecule has 0 radical (unpaired) electrons. The average molecular weight is 499 g/mol. The van der Waals surface area contributed by atoms with Crippen molar-refractivity contribution in [1.82, 2.24) is 0 Å². The van der Waals surface area contributed by atoms with E-state index in [0.29, 0.717) is 12.8 Å². The summed E-state index contributed by atoms with van der Waals surface area (Å²) in [6.45, 7) is 10.5. The van der Waals surface area contributed by atoms with Gasteiger partial charge in [0.25, 0.3) is 0 Å². The first-order chi connectivity index (χ1) is 16.7. The summed E-state index contributed by atoms with van der Waals surface area (Å²) >= 11 is 1.75. The minimum atomic E-state index is -0.437. The Labute approximate surface area is 215 Å². The predicted octanol–water partition coefficient (Wildman–Crippen LogP) is 7.07. The largest absolute Gasteiger partial charge is 0.372 e. The number of rotatable bonds is 7. The summed E-state index contributed by atoms with van der Waals surface area (Å²) < 4.78 is 4.96. The van der Waals surface area contributed by atoms with Crippen molar-refractivity contribution in [3.8, 4) is 11.1 Å². The van der Waals surface area contributed by atoms with Crippen LogP contribution in [-0.2, 0) is 14.3 Å². The third kappa shape index (κ3) is 11.6. The van der Waals surface area contributed by atoms with Crippen molar-refractivity contribution in [1.29, 1.82) is 0 Å². The van der Waals surface area contributed by atoms with E-state index in [0.717, 1.165) is 24.3 Å². The van der Waals surface area contributed by atoms with Gasteiger partial charge in [-0.3, -0.25) is 9.59 Å². The van der Waals surface area contributed by atoms with Crippen molar-refractivity contribution in [2.24, 2.45) is 11.1 Å². The monoisotopic (exact) mass is 498 g/mol. The number of fused-ring (bicyclic) bond motifs is 1. The predicted molar refractivity (Wildman–Crippen MR) is 150 cm³/mol. The maximum absolute atomic E-state index is 11.6. The molecule has 0 saturated heterocycles. The van der Waals surface area contributed by atoms with Gasteiger partial charge in [0, 0.05) is 24.2 Å². The van der Waals surface area contributed by atoms with E-state index in [4.69, 9.17) is 10.5 Å². The molecule has 192 valence electrons. The Morgan fingerprint density at radius 2 is 1.83 bits per heavy atom. The van der Waals surface area contributed by atoms with E-state index >= 15 is 0 Å². The maximum Gasteiger partial charge on any atom is 0.246 e. The summed E-state index contributed by atoms with van der Waals surface area (Å²) in [6, 6.07) is 16.4. The molecule has 2 aromatic carbocycles. The number of ether oxygens (including phenoxy) is 1. The lowest BCUT2D eigenvalue weighted by Crippen LogP contribution is -2.29. The van der Waals surface area contributed by atoms with Gasteiger partial charge >= 0.3 is 0 Å². The fourth-order valence-electron chi connectivity index (χ4n) is 3.33. The van der Waals surface area contributed by atoms with Crippen LogP contribution in [-0.4, -0.2) is 30.8 Å². The van der Waals surface area contributed by atoms with Crippen molar-refractivity contribution in [2.75, 3.05) is 18.2 Å². The molecule has 6 heteroatoms. The molecule has 2 aromatic rings. The zero-order chi connectivity index (χ0) is 26.3. The Balaban J connectivity index is 0.000000334. The molecule has 35 heavy (non-hydrogen) atoms. The molecule has 0 fully saturated rings. The van der Waals surface area contributed by atoms with Gasteiger partial charge in [-0.15, -0.1) is 11.8 Å². The van der Waals surface area contributed by atoms with Crippen LogP contribution in [0, 0.1) is 5.41 Å². The molecule has 3 rings (SSSR count). The zero-order valence-electron chi connectivity index (χ0n) is 22.1. The van der Waals surface area contributed by atoms with Crippen LogP contribution in [0.4, 0.5) is 5.69 Å². The number of methoxy groups -OCH3 is 1. The molecular weight excluding hydrogens is 456 g/mol. The molecule has 3 N–H and O–H groups in total. The number of hydrogen-bond donors (Lipinski definition) is 2. The number of benzene rings is 2. The third-order valence-electron chi connectivity index (χ3n) is 5.01. The van der Waals surface area contributed by atoms with E-state index in [1.165, 1.54) is 23.1 Å². The van der Waals surface area contributed by atoms with Crippen molar-refractivity contribution < 1.29 is 14.3 Å². The zero-order valence-corrected chi connectivity index (χ0v) is 22.9. The van der Waals surface area contributed by atoms with E-state index in [2.05, 4.69) is 56.4 Å². The summed E-state index contributed by atoms with van der Waals surface area (Å²) in [7, 11) is 1.51. The number of nitrogens with one attached hydrogen (secondary N) is 1. The average Bonchev–Trinajstić information content (AvgIpc) is 3.03. The van der Waals surface area contributed by atoms with Gasteiger partial charge in [0.1, 0.15) is 6.10 Å². The van der Waals surface area contributed by atoms with E-state index < -0.39 is 6.10 Å². The minimum absolute atomic E-state index is 0.103. The van der Waals surface area contributed by atoms with Crippen molar-refractivity contribution in [3.05, 3.63) is 60.7 Å². The summed E-state index contributed by atoms with van der Waals surface area (Å²) in [4.78, 5) is 23.6. The molecule has 0 saturated carbocycles. The number of carbonyl (C=O) groups excluding carboxylic acids is 2. The van der Waals surface area contributed by atoms with Gasteiger partial charge in [-0.1, -0.05) is 89.2 Å². The normalized spacial score (nSPS) is 13.8. The first-order valence-corrected chi connectivity index (χ1v) is 13.3. The van der Waals surface area contributed by atoms with Crippen LogP contribution >= 0.6 is 11.8 Å². The van der Waals surface area contributed by atoms with Crippen LogP contribution in [0.2, 0.25) is 0 Å². The van der Waals surface area contributed by atoms with Gasteiger partial charge in [0.2, 0.25) is 11.8 Å². The van der Waals surface area contributed by atoms with Crippen molar-refractivity contribution in [2.45, 2.75) is 71.3 Å². The second-order valence-electron chi connectivity index (χ2n) is 9.02. The number of primary amides is 1. The first-order valence-electron chi connectivity index (χ1n) is 12.3. The molecule has 0 spiro atoms. The van der Waals surface area contributed by atoms with E-state index in [9.17, 15) is 9.59 Å². The van der Waals surface area contributed by atoms with Crippen LogP contribution < -0.4 is 11.1 Å². The Hall–Kier alpha value is -2.57. The van der Waals surface area contributed by atoms with Crippen LogP contribution in [0.3, 0.4) is 0 Å². The molecule has 0 aromatic heterocycles. The van der Waals surface area contributed by atoms with Crippen molar-refractivity contribution in [3.63, 3.8) is 0 Å². The summed E-state index contributed by atoms with van der Waals surface area (Å²) in [6.07, 6.45) is 7.05. The smallest absolute Gasteiger partial charge is 0.246 e. The second-order valence-corrected chi connectivity index (χ2v) is 10.1. The lowest BCUT2D eigenvalue weighted by Gasteiger charge is -2.12. The third-order valence-corrected chi connectivity index (χ3v) is 6.14. The fraction of sp³-hybridized carbons (Fsp3) is 0.448. The van der Waals surface area contributed by atoms with Crippen molar-refractivity contribution >= 4 is 29.3 Å². The first kappa shape index (κ1) is 30.5. The lowest BCUT2D eigenvalue weighted by atomic mass is 9.95. The quantitative estimate of drug-likeness (QED) is 0.316. The van der Waals surface area contributed by atoms with Crippen LogP contribution in [0.5, 0.6) is 0 Å². The molecule has 1 heterocycles. The number of carbonyl (C=O) groups is 2. The Bertz CT molecular complexity index is 937. The van der Waals surface area contributed by atoms with Crippen LogP contribution in [0.15, 0.2) is 65.6 Å². The number of hydrogen-bond acceptors (Lipinski definition) is 4. The molecule has 5 nitrogen and oxygen atoms in total. The Kier molecular flexibility index (Phi) is 14.1. The van der Waals surface area contributed by atoms with Gasteiger partial charge < -0.3 is 15.8 Å². The number of thioether (sulfide) groups is 1. The molecule has 0 aliphatic carbocycles. The van der Waals surface area contributed by atoms with Gasteiger partial charge in [0.05, 0.1) is 5.69 Å². The van der Waals surface area contributed by atoms with Crippen LogP contribution in [0.25, 0.3) is 11.1 Å². The summed E-state index contributed by atoms with van der Waals surface area (Å²) in [5.41, 5.74) is 8.70. The maximum atomic E-state index is 11.6. The number of anilines is 1. The van der Waals surface area contributed by atoms with Gasteiger partial charge in [-0.05, 0) is 41.9 Å². The Morgan fingerprint density at radius 1 is 1.14 bits per heavy atom. The van der Waals surface area contributed by atoms with Crippen LogP contribution in [0.1, 0.15) is 60.3 Å². The number of allylic oxidation sites excluding steroid dienone is 2. The van der Waals surface area contributed by atoms with E-state index in [-0.39, 0.29) is 17.2 Å². The fourth-order valence-corrected chi connectivity index (χ4v) is 4.44. The summed E-state index contributed by atoms with van der Waals surface area (Å²) in [5.74, 6) is 0.562. The highest BCUT2D eigenvalue weighted by Crippen LogP contribution is 2.39. The highest BCUT2D eigenvalue weighted by atomic mass is 32.2. The Morgan fingerprint density at radius 3 is 2.43 bits per heavy atom. The topological polar surface area (TPSA) is 81.4 Å². The molecule has 1 aliphatic heterocycles. The number of amides is 2. The minimum Gasteiger partial charge on any atom is -0.372 e. The molecular formula is C29H42N2O3S. The van der Waals surface area contributed by atoms with Gasteiger partial charge in [0.15, 0.2) is 0 Å². The van der Waals surface area contributed by atoms with E-state index in [1.54, 1.807) is 11.8 Å². The molecule has 2 amide bonds. The highest BCUT2D eigenvalue weighted by molar-refractivity contribution is 7.99. The standard InChI is InChI=1S/C15H13NOS.C12H23NO2.C2H6/c17-14-9-10-18-15-12(7-4-8-13(15)16-14)11-5-2-1-3-6-11;1-12(2,3)9-7-5-6-8-10(15-4)11(13)14;1-2/h1-8H,9-10H2,(H,16,17);7,9-10H,5-6,8H2,1-4H3,(H2,13,14);1-2H3/b;9-7+;. The van der Waals surface area contributed by atoms with E-state index in [1.807, 2.05) is 44.2 Å². The highest BCUT2D eigenvalue weighted by Gasteiger charge is 2.16. The molecule has 1 unspecified atom stereocenters.